The van der Waals surface area contributed by atoms with Crippen molar-refractivity contribution >= 4 is 29.1 Å². The predicted molar refractivity (Wildman–Crippen MR) is 61.4 cm³/mol. The van der Waals surface area contributed by atoms with Crippen LogP contribution in [0.2, 0.25) is 5.02 Å². The van der Waals surface area contributed by atoms with Gasteiger partial charge in [0.2, 0.25) is 11.8 Å². The summed E-state index contributed by atoms with van der Waals surface area (Å²) in [4.78, 5) is 24.1. The van der Waals surface area contributed by atoms with Crippen molar-refractivity contribution < 1.29 is 14.0 Å². The van der Waals surface area contributed by atoms with Gasteiger partial charge in [-0.3, -0.25) is 9.59 Å². The molecule has 2 amide bonds. The third kappa shape index (κ3) is 2.39. The lowest BCUT2D eigenvalue weighted by molar-refractivity contribution is -0.123. The minimum atomic E-state index is -0.569. The van der Waals surface area contributed by atoms with Crippen molar-refractivity contribution in [2.45, 2.75) is 6.42 Å². The Balaban J connectivity index is 2.38. The third-order valence-electron chi connectivity index (χ3n) is 2.51. The molecule has 0 atom stereocenters. The van der Waals surface area contributed by atoms with E-state index in [1.165, 1.54) is 23.1 Å². The summed E-state index contributed by atoms with van der Waals surface area (Å²) in [7, 11) is 0. The van der Waals surface area contributed by atoms with Crippen LogP contribution in [-0.4, -0.2) is 24.9 Å². The zero-order chi connectivity index (χ0) is 12.4. The number of para-hydroxylation sites is 1. The summed E-state index contributed by atoms with van der Waals surface area (Å²) < 4.78 is 13.7. The molecule has 1 aromatic rings. The van der Waals surface area contributed by atoms with E-state index < -0.39 is 5.82 Å². The van der Waals surface area contributed by atoms with Crippen LogP contribution in [0.4, 0.5) is 10.1 Å². The first-order valence-electron chi connectivity index (χ1n) is 5.10. The van der Waals surface area contributed by atoms with Gasteiger partial charge in [0.25, 0.3) is 0 Å². The predicted octanol–water partition coefficient (Wildman–Crippen LogP) is 1.33. The maximum atomic E-state index is 13.7. The van der Waals surface area contributed by atoms with Gasteiger partial charge in [-0.1, -0.05) is 17.7 Å². The highest BCUT2D eigenvalue weighted by atomic mass is 35.5. The Bertz CT molecular complexity index is 458. The Morgan fingerprint density at radius 3 is 2.82 bits per heavy atom. The Morgan fingerprint density at radius 2 is 2.12 bits per heavy atom. The number of benzene rings is 1. The Kier molecular flexibility index (Phi) is 3.28. The molecule has 0 saturated carbocycles. The van der Waals surface area contributed by atoms with Crippen LogP contribution in [0, 0.1) is 5.82 Å². The summed E-state index contributed by atoms with van der Waals surface area (Å²) >= 11 is 5.88. The second-order valence-corrected chi connectivity index (χ2v) is 4.05. The van der Waals surface area contributed by atoms with Crippen molar-refractivity contribution in [1.82, 2.24) is 5.32 Å². The van der Waals surface area contributed by atoms with Gasteiger partial charge in [-0.05, 0) is 12.1 Å². The monoisotopic (exact) mass is 256 g/mol. The van der Waals surface area contributed by atoms with Crippen LogP contribution in [0.15, 0.2) is 18.2 Å². The lowest BCUT2D eigenvalue weighted by Crippen LogP contribution is -2.35. The van der Waals surface area contributed by atoms with Crippen LogP contribution in [0.5, 0.6) is 0 Å². The van der Waals surface area contributed by atoms with Crippen molar-refractivity contribution in [3.63, 3.8) is 0 Å². The molecule has 90 valence electrons. The number of hydrogen-bond acceptors (Lipinski definition) is 2. The van der Waals surface area contributed by atoms with Gasteiger partial charge in [-0.15, -0.1) is 0 Å². The first kappa shape index (κ1) is 11.9. The van der Waals surface area contributed by atoms with E-state index in [1.54, 1.807) is 0 Å². The second-order valence-electron chi connectivity index (χ2n) is 3.64. The van der Waals surface area contributed by atoms with E-state index in [0.717, 1.165) is 0 Å². The summed E-state index contributed by atoms with van der Waals surface area (Å²) in [6, 6.07) is 4.20. The molecule has 0 radical (unpaired) electrons. The van der Waals surface area contributed by atoms with E-state index in [0.29, 0.717) is 0 Å². The SMILES string of the molecule is O=C1CCN(c2c(F)cccc2Cl)C(=O)CN1. The molecule has 1 heterocycles. The molecule has 0 aliphatic carbocycles. The van der Waals surface area contributed by atoms with Crippen molar-refractivity contribution in [2.75, 3.05) is 18.0 Å². The van der Waals surface area contributed by atoms with E-state index in [2.05, 4.69) is 5.32 Å². The summed E-state index contributed by atoms with van der Waals surface area (Å²) in [6.45, 7) is -0.00514. The molecule has 1 saturated heterocycles. The molecular weight excluding hydrogens is 247 g/mol. The summed E-state index contributed by atoms with van der Waals surface area (Å²) in [5.41, 5.74) is 0.0377. The largest absolute Gasteiger partial charge is 0.347 e. The number of nitrogens with zero attached hydrogens (tertiary/aromatic N) is 1. The average Bonchev–Trinajstić information content (AvgIpc) is 2.44. The van der Waals surface area contributed by atoms with E-state index in [1.807, 2.05) is 0 Å². The van der Waals surface area contributed by atoms with Crippen LogP contribution >= 0.6 is 11.6 Å². The van der Waals surface area contributed by atoms with Gasteiger partial charge in [0.15, 0.2) is 0 Å². The minimum absolute atomic E-state index is 0.0377. The first-order valence-corrected chi connectivity index (χ1v) is 5.48. The summed E-state index contributed by atoms with van der Waals surface area (Å²) in [6.07, 6.45) is 0.135. The highest BCUT2D eigenvalue weighted by molar-refractivity contribution is 6.33. The van der Waals surface area contributed by atoms with Gasteiger partial charge >= 0.3 is 0 Å². The van der Waals surface area contributed by atoms with Gasteiger partial charge in [0.05, 0.1) is 17.3 Å². The molecule has 6 heteroatoms. The normalized spacial score (nSPS) is 16.7. The van der Waals surface area contributed by atoms with Crippen LogP contribution < -0.4 is 10.2 Å². The molecule has 1 fully saturated rings. The highest BCUT2D eigenvalue weighted by Crippen LogP contribution is 2.29. The van der Waals surface area contributed by atoms with Gasteiger partial charge in [-0.25, -0.2) is 4.39 Å². The molecule has 1 aliphatic heterocycles. The maximum absolute atomic E-state index is 13.7. The highest BCUT2D eigenvalue weighted by Gasteiger charge is 2.25. The second kappa shape index (κ2) is 4.71. The first-order chi connectivity index (χ1) is 8.09. The molecule has 1 aromatic carbocycles. The van der Waals surface area contributed by atoms with Crippen molar-refractivity contribution in [2.24, 2.45) is 0 Å². The molecule has 17 heavy (non-hydrogen) atoms. The van der Waals surface area contributed by atoms with E-state index in [9.17, 15) is 14.0 Å². The van der Waals surface area contributed by atoms with Crippen LogP contribution in [-0.2, 0) is 9.59 Å². The number of hydrogen-bond donors (Lipinski definition) is 1. The van der Waals surface area contributed by atoms with Crippen LogP contribution in [0.1, 0.15) is 6.42 Å². The number of rotatable bonds is 1. The standard InChI is InChI=1S/C11H10ClFN2O2/c12-7-2-1-3-8(13)11(7)15-5-4-9(16)14-6-10(15)17/h1-3H,4-6H2,(H,14,16). The smallest absolute Gasteiger partial charge is 0.246 e. The zero-order valence-electron chi connectivity index (χ0n) is 8.87. The lowest BCUT2D eigenvalue weighted by Gasteiger charge is -2.21. The fraction of sp³-hybridized carbons (Fsp3) is 0.273. The van der Waals surface area contributed by atoms with E-state index in [4.69, 9.17) is 11.6 Å². The van der Waals surface area contributed by atoms with Gasteiger partial charge in [-0.2, -0.15) is 0 Å². The third-order valence-corrected chi connectivity index (χ3v) is 2.81. The van der Waals surface area contributed by atoms with Crippen LogP contribution in [0.3, 0.4) is 0 Å². The van der Waals surface area contributed by atoms with Gasteiger partial charge in [0.1, 0.15) is 5.82 Å². The Morgan fingerprint density at radius 1 is 1.35 bits per heavy atom. The molecule has 4 nitrogen and oxygen atoms in total. The summed E-state index contributed by atoms with van der Waals surface area (Å²) in [5.74, 6) is -1.17. The molecular formula is C11H10ClFN2O2. The Hall–Kier alpha value is -1.62. The maximum Gasteiger partial charge on any atom is 0.246 e. The number of carbonyl (C=O) groups excluding carboxylic acids is 2. The topological polar surface area (TPSA) is 49.4 Å². The minimum Gasteiger partial charge on any atom is -0.347 e. The van der Waals surface area contributed by atoms with E-state index >= 15 is 0 Å². The molecule has 2 rings (SSSR count). The fourth-order valence-electron chi connectivity index (χ4n) is 1.68. The van der Waals surface area contributed by atoms with Crippen molar-refractivity contribution in [1.29, 1.82) is 0 Å². The molecule has 0 unspecified atom stereocenters. The molecule has 1 aliphatic rings. The number of nitrogens with one attached hydrogen (secondary N) is 1. The zero-order valence-corrected chi connectivity index (χ0v) is 9.63. The van der Waals surface area contributed by atoms with Gasteiger partial charge in [0, 0.05) is 13.0 Å². The molecule has 0 spiro atoms. The molecule has 0 aromatic heterocycles. The fourth-order valence-corrected chi connectivity index (χ4v) is 1.94. The number of halogens is 2. The number of amides is 2. The molecule has 0 bridgehead atoms. The number of anilines is 1. The van der Waals surface area contributed by atoms with Crippen molar-refractivity contribution in [3.05, 3.63) is 29.0 Å². The summed E-state index contributed by atoms with van der Waals surface area (Å²) in [5, 5.41) is 2.60. The average molecular weight is 257 g/mol. The quantitative estimate of drug-likeness (QED) is 0.824. The van der Waals surface area contributed by atoms with E-state index in [-0.39, 0.29) is 42.0 Å². The Labute approximate surface area is 102 Å². The van der Waals surface area contributed by atoms with Gasteiger partial charge < -0.3 is 10.2 Å². The van der Waals surface area contributed by atoms with Crippen molar-refractivity contribution in [3.8, 4) is 0 Å². The van der Waals surface area contributed by atoms with Crippen LogP contribution in [0.25, 0.3) is 0 Å². The number of carbonyl (C=O) groups is 2. The molecule has 1 N–H and O–H groups in total. The lowest BCUT2D eigenvalue weighted by atomic mass is 10.2.